The first kappa shape index (κ1) is 12.1. The Bertz CT molecular complexity index is 780. The number of hydrogen-bond donors (Lipinski definition) is 1. The van der Waals surface area contributed by atoms with Gasteiger partial charge in [0.15, 0.2) is 10.6 Å². The van der Waals surface area contributed by atoms with Gasteiger partial charge in [-0.2, -0.15) is 5.10 Å². The van der Waals surface area contributed by atoms with Crippen molar-refractivity contribution in [3.63, 3.8) is 0 Å². The van der Waals surface area contributed by atoms with Crippen LogP contribution in [0.3, 0.4) is 0 Å². The summed E-state index contributed by atoms with van der Waals surface area (Å²) in [6.07, 6.45) is 2.49. The first-order chi connectivity index (χ1) is 9.15. The van der Waals surface area contributed by atoms with E-state index < -0.39 is 0 Å². The molecule has 0 saturated carbocycles. The van der Waals surface area contributed by atoms with Crippen molar-refractivity contribution in [2.75, 3.05) is 0 Å². The number of para-hydroxylation sites is 1. The molecule has 98 valence electrons. The Hall–Kier alpha value is -1.95. The van der Waals surface area contributed by atoms with E-state index in [1.807, 2.05) is 19.2 Å². The molecule has 3 rings (SSSR count). The van der Waals surface area contributed by atoms with E-state index in [-0.39, 0.29) is 0 Å². The largest absolute Gasteiger partial charge is 0.331 e. The lowest BCUT2D eigenvalue weighted by atomic mass is 10.2. The second-order valence-corrected chi connectivity index (χ2v) is 5.02. The first-order valence-corrected chi connectivity index (χ1v) is 6.58. The van der Waals surface area contributed by atoms with Crippen LogP contribution in [0.1, 0.15) is 11.4 Å². The van der Waals surface area contributed by atoms with E-state index in [4.69, 9.17) is 12.2 Å². The summed E-state index contributed by atoms with van der Waals surface area (Å²) in [5.41, 5.74) is 3.47. The van der Waals surface area contributed by atoms with Crippen LogP contribution in [0.5, 0.6) is 0 Å². The Morgan fingerprint density at radius 2 is 2.21 bits per heavy atom. The molecule has 0 aliphatic carbocycles. The summed E-state index contributed by atoms with van der Waals surface area (Å²) in [6, 6.07) is 6.18. The number of fused-ring (bicyclic) bond motifs is 1. The van der Waals surface area contributed by atoms with Crippen molar-refractivity contribution < 1.29 is 0 Å². The highest BCUT2D eigenvalue weighted by Gasteiger charge is 2.07. The summed E-state index contributed by atoms with van der Waals surface area (Å²) in [6.45, 7) is 2.88. The van der Waals surface area contributed by atoms with E-state index >= 15 is 0 Å². The number of imidazole rings is 1. The molecule has 2 heterocycles. The van der Waals surface area contributed by atoms with E-state index in [0.29, 0.717) is 0 Å². The van der Waals surface area contributed by atoms with Gasteiger partial charge in [0.05, 0.1) is 11.0 Å². The van der Waals surface area contributed by atoms with E-state index in [9.17, 15) is 0 Å². The van der Waals surface area contributed by atoms with Crippen molar-refractivity contribution in [2.45, 2.75) is 19.9 Å². The van der Waals surface area contributed by atoms with Crippen LogP contribution in [0.4, 0.5) is 0 Å². The molecular formula is C13H15N5S. The van der Waals surface area contributed by atoms with Gasteiger partial charge in [-0.3, -0.25) is 4.68 Å². The smallest absolute Gasteiger partial charge is 0.178 e. The number of nitrogens with zero attached hydrogens (tertiary/aromatic N) is 4. The SMILES string of the molecule is Cc1cccc2[nH]c(=S)n(CCc3ncn(C)n3)c12. The fourth-order valence-corrected chi connectivity index (χ4v) is 2.62. The first-order valence-electron chi connectivity index (χ1n) is 6.18. The van der Waals surface area contributed by atoms with E-state index in [1.165, 1.54) is 11.1 Å². The predicted octanol–water partition coefficient (Wildman–Crippen LogP) is 2.38. The second-order valence-electron chi connectivity index (χ2n) is 4.64. The van der Waals surface area contributed by atoms with Crippen LogP contribution < -0.4 is 0 Å². The normalized spacial score (nSPS) is 11.3. The highest BCUT2D eigenvalue weighted by atomic mass is 32.1. The quantitative estimate of drug-likeness (QED) is 0.745. The average Bonchev–Trinajstić information content (AvgIpc) is 2.91. The molecule has 3 aromatic rings. The minimum absolute atomic E-state index is 0.750. The Balaban J connectivity index is 1.96. The average molecular weight is 273 g/mol. The number of hydrogen-bond acceptors (Lipinski definition) is 3. The van der Waals surface area contributed by atoms with Gasteiger partial charge >= 0.3 is 0 Å². The Morgan fingerprint density at radius 3 is 2.95 bits per heavy atom. The molecule has 0 radical (unpaired) electrons. The van der Waals surface area contributed by atoms with Gasteiger partial charge in [-0.05, 0) is 30.8 Å². The van der Waals surface area contributed by atoms with Crippen LogP contribution >= 0.6 is 12.2 Å². The molecule has 0 bridgehead atoms. The van der Waals surface area contributed by atoms with Gasteiger partial charge in [0.25, 0.3) is 0 Å². The lowest BCUT2D eigenvalue weighted by molar-refractivity contribution is 0.665. The molecule has 0 fully saturated rings. The molecule has 6 heteroatoms. The number of nitrogens with one attached hydrogen (secondary N) is 1. The van der Waals surface area contributed by atoms with Gasteiger partial charge in [0.2, 0.25) is 0 Å². The molecule has 0 aliphatic rings. The maximum absolute atomic E-state index is 5.39. The van der Waals surface area contributed by atoms with Gasteiger partial charge in [-0.15, -0.1) is 0 Å². The molecular weight excluding hydrogens is 258 g/mol. The zero-order valence-electron chi connectivity index (χ0n) is 10.9. The molecule has 0 aliphatic heterocycles. The second kappa shape index (κ2) is 4.62. The van der Waals surface area contributed by atoms with Crippen LogP contribution in [-0.2, 0) is 20.0 Å². The van der Waals surface area contributed by atoms with Gasteiger partial charge < -0.3 is 9.55 Å². The lowest BCUT2D eigenvalue weighted by Gasteiger charge is -2.04. The molecule has 0 unspecified atom stereocenters. The minimum atomic E-state index is 0.750. The van der Waals surface area contributed by atoms with Crippen LogP contribution in [0.25, 0.3) is 11.0 Å². The molecule has 1 aromatic carbocycles. The minimum Gasteiger partial charge on any atom is -0.331 e. The molecule has 5 nitrogen and oxygen atoms in total. The van der Waals surface area contributed by atoms with Gasteiger partial charge in [0, 0.05) is 20.0 Å². The fourth-order valence-electron chi connectivity index (χ4n) is 2.33. The molecule has 1 N–H and O–H groups in total. The standard InChI is InChI=1S/C13H15N5S/c1-9-4-3-5-10-12(9)18(13(19)15-10)7-6-11-14-8-17(2)16-11/h3-5,8H,6-7H2,1-2H3,(H,15,19). The van der Waals surface area contributed by atoms with Crippen LogP contribution in [0, 0.1) is 11.7 Å². The third-order valence-electron chi connectivity index (χ3n) is 3.20. The Kier molecular flexibility index (Phi) is 2.94. The molecule has 19 heavy (non-hydrogen) atoms. The van der Waals surface area contributed by atoms with Crippen LogP contribution in [0.2, 0.25) is 0 Å². The molecule has 2 aromatic heterocycles. The van der Waals surface area contributed by atoms with Crippen molar-refractivity contribution in [1.29, 1.82) is 0 Å². The van der Waals surface area contributed by atoms with Crippen LogP contribution in [0.15, 0.2) is 24.5 Å². The molecule has 0 spiro atoms. The lowest BCUT2D eigenvalue weighted by Crippen LogP contribution is -2.04. The highest BCUT2D eigenvalue weighted by molar-refractivity contribution is 7.71. The van der Waals surface area contributed by atoms with Crippen molar-refractivity contribution in [2.24, 2.45) is 7.05 Å². The molecule has 0 saturated heterocycles. The van der Waals surface area contributed by atoms with Crippen molar-refractivity contribution in [3.05, 3.63) is 40.7 Å². The molecule has 0 atom stereocenters. The fraction of sp³-hybridized carbons (Fsp3) is 0.308. The highest BCUT2D eigenvalue weighted by Crippen LogP contribution is 2.18. The number of H-pyrrole nitrogens is 1. The molecule has 0 amide bonds. The van der Waals surface area contributed by atoms with Gasteiger partial charge in [-0.1, -0.05) is 12.1 Å². The van der Waals surface area contributed by atoms with Gasteiger partial charge in [0.1, 0.15) is 6.33 Å². The Labute approximate surface area is 115 Å². The monoisotopic (exact) mass is 273 g/mol. The summed E-state index contributed by atoms with van der Waals surface area (Å²) >= 11 is 5.39. The number of aryl methyl sites for hydroxylation is 4. The maximum Gasteiger partial charge on any atom is 0.178 e. The maximum atomic E-state index is 5.39. The van der Waals surface area contributed by atoms with Crippen molar-refractivity contribution in [3.8, 4) is 0 Å². The van der Waals surface area contributed by atoms with Crippen LogP contribution in [-0.4, -0.2) is 24.3 Å². The van der Waals surface area contributed by atoms with Crippen molar-refractivity contribution in [1.82, 2.24) is 24.3 Å². The third kappa shape index (κ3) is 2.19. The Morgan fingerprint density at radius 1 is 1.37 bits per heavy atom. The number of rotatable bonds is 3. The predicted molar refractivity (Wildman–Crippen MR) is 76.6 cm³/mol. The summed E-state index contributed by atoms with van der Waals surface area (Å²) in [5, 5.41) is 4.29. The third-order valence-corrected chi connectivity index (χ3v) is 3.52. The summed E-state index contributed by atoms with van der Waals surface area (Å²) in [7, 11) is 1.87. The number of aromatic amines is 1. The number of aromatic nitrogens is 5. The van der Waals surface area contributed by atoms with E-state index in [1.54, 1.807) is 11.0 Å². The van der Waals surface area contributed by atoms with Gasteiger partial charge in [-0.25, -0.2) is 4.98 Å². The zero-order chi connectivity index (χ0) is 13.4. The summed E-state index contributed by atoms with van der Waals surface area (Å²) in [5.74, 6) is 0.840. The summed E-state index contributed by atoms with van der Waals surface area (Å²) < 4.78 is 4.59. The zero-order valence-corrected chi connectivity index (χ0v) is 11.7. The van der Waals surface area contributed by atoms with E-state index in [0.717, 1.165) is 29.1 Å². The van der Waals surface area contributed by atoms with E-state index in [2.05, 4.69) is 32.6 Å². The topological polar surface area (TPSA) is 51.4 Å². The number of benzene rings is 1. The summed E-state index contributed by atoms with van der Waals surface area (Å²) in [4.78, 5) is 7.48. The van der Waals surface area contributed by atoms with Crippen molar-refractivity contribution >= 4 is 23.3 Å².